The number of nitrogen functional groups attached to an aromatic ring is 1. The van der Waals surface area contributed by atoms with E-state index in [0.29, 0.717) is 11.4 Å². The smallest absolute Gasteiger partial charge is 0.412 e. The van der Waals surface area contributed by atoms with Gasteiger partial charge in [0, 0.05) is 5.56 Å². The number of hydrogen-bond donors (Lipinski definition) is 2. The summed E-state index contributed by atoms with van der Waals surface area (Å²) in [4.78, 5) is 11.7. The van der Waals surface area contributed by atoms with E-state index in [1.165, 1.54) is 0 Å². The van der Waals surface area contributed by atoms with E-state index in [1.807, 2.05) is 12.1 Å². The monoisotopic (exact) mass is 274 g/mol. The summed E-state index contributed by atoms with van der Waals surface area (Å²) in [5.41, 5.74) is 8.23. The maximum atomic E-state index is 11.7. The quantitative estimate of drug-likeness (QED) is 0.815. The number of carbonyl (C=O) groups excluding carboxylic acids is 1. The van der Waals surface area contributed by atoms with E-state index < -0.39 is 11.7 Å². The van der Waals surface area contributed by atoms with Crippen LogP contribution in [0.3, 0.4) is 0 Å². The van der Waals surface area contributed by atoms with Crippen LogP contribution in [-0.2, 0) is 4.74 Å². The molecular formula is C15H18N2O3. The number of benzene rings is 1. The molecule has 0 atom stereocenters. The molecule has 1 aromatic carbocycles. The van der Waals surface area contributed by atoms with Gasteiger partial charge < -0.3 is 14.9 Å². The van der Waals surface area contributed by atoms with Gasteiger partial charge >= 0.3 is 6.09 Å². The SMILES string of the molecule is CC(C)(C)OC(=O)Nc1ccc(-c2ccoc2)cc1N. The second-order valence-corrected chi connectivity index (χ2v) is 5.44. The van der Waals surface area contributed by atoms with Crippen molar-refractivity contribution in [3.05, 3.63) is 36.8 Å². The summed E-state index contributed by atoms with van der Waals surface area (Å²) >= 11 is 0. The maximum absolute atomic E-state index is 11.7. The molecular weight excluding hydrogens is 256 g/mol. The normalized spacial score (nSPS) is 11.2. The van der Waals surface area contributed by atoms with Crippen LogP contribution in [0.4, 0.5) is 16.2 Å². The Morgan fingerprint density at radius 1 is 1.25 bits per heavy atom. The average Bonchev–Trinajstić information content (AvgIpc) is 2.82. The van der Waals surface area contributed by atoms with Crippen molar-refractivity contribution >= 4 is 17.5 Å². The standard InChI is InChI=1S/C15H18N2O3/c1-15(2,3)20-14(18)17-13-5-4-10(8-12(13)16)11-6-7-19-9-11/h4-9H,16H2,1-3H3,(H,17,18). The number of hydrogen-bond acceptors (Lipinski definition) is 4. The highest BCUT2D eigenvalue weighted by Gasteiger charge is 2.17. The highest BCUT2D eigenvalue weighted by atomic mass is 16.6. The number of anilines is 2. The first kappa shape index (κ1) is 14.0. The summed E-state index contributed by atoms with van der Waals surface area (Å²) < 4.78 is 10.2. The van der Waals surface area contributed by atoms with Crippen molar-refractivity contribution < 1.29 is 13.9 Å². The van der Waals surface area contributed by atoms with E-state index in [9.17, 15) is 4.79 Å². The van der Waals surface area contributed by atoms with Crippen molar-refractivity contribution in [2.45, 2.75) is 26.4 Å². The molecule has 106 valence electrons. The first-order valence-electron chi connectivity index (χ1n) is 6.27. The third-order valence-electron chi connectivity index (χ3n) is 2.54. The predicted molar refractivity (Wildman–Crippen MR) is 78.4 cm³/mol. The molecule has 5 heteroatoms. The third-order valence-corrected chi connectivity index (χ3v) is 2.54. The van der Waals surface area contributed by atoms with Crippen molar-refractivity contribution in [2.24, 2.45) is 0 Å². The van der Waals surface area contributed by atoms with Gasteiger partial charge in [0.25, 0.3) is 0 Å². The van der Waals surface area contributed by atoms with Crippen LogP contribution in [-0.4, -0.2) is 11.7 Å². The second-order valence-electron chi connectivity index (χ2n) is 5.44. The molecule has 1 amide bonds. The van der Waals surface area contributed by atoms with Crippen molar-refractivity contribution in [1.29, 1.82) is 0 Å². The molecule has 3 N–H and O–H groups in total. The number of amides is 1. The largest absolute Gasteiger partial charge is 0.472 e. The van der Waals surface area contributed by atoms with Gasteiger partial charge in [-0.3, -0.25) is 5.32 Å². The fourth-order valence-corrected chi connectivity index (χ4v) is 1.70. The zero-order valence-electron chi connectivity index (χ0n) is 11.8. The number of ether oxygens (including phenoxy) is 1. The topological polar surface area (TPSA) is 77.5 Å². The molecule has 2 rings (SSSR count). The molecule has 2 aromatic rings. The molecule has 0 saturated carbocycles. The van der Waals surface area contributed by atoms with Gasteiger partial charge in [-0.15, -0.1) is 0 Å². The van der Waals surface area contributed by atoms with Gasteiger partial charge in [0.1, 0.15) is 5.60 Å². The van der Waals surface area contributed by atoms with Gasteiger partial charge in [-0.25, -0.2) is 4.79 Å². The fraction of sp³-hybridized carbons (Fsp3) is 0.267. The van der Waals surface area contributed by atoms with E-state index in [-0.39, 0.29) is 0 Å². The van der Waals surface area contributed by atoms with Gasteiger partial charge in [-0.2, -0.15) is 0 Å². The summed E-state index contributed by atoms with van der Waals surface area (Å²) in [6, 6.07) is 7.21. The number of nitrogens with one attached hydrogen (secondary N) is 1. The Labute approximate surface area is 117 Å². The van der Waals surface area contributed by atoms with Crippen LogP contribution < -0.4 is 11.1 Å². The lowest BCUT2D eigenvalue weighted by molar-refractivity contribution is 0.0636. The lowest BCUT2D eigenvalue weighted by Crippen LogP contribution is -2.27. The molecule has 0 aliphatic rings. The van der Waals surface area contributed by atoms with Crippen LogP contribution in [0.15, 0.2) is 41.2 Å². The van der Waals surface area contributed by atoms with Gasteiger partial charge in [0.05, 0.1) is 23.9 Å². The molecule has 0 fully saturated rings. The maximum Gasteiger partial charge on any atom is 0.412 e. The minimum Gasteiger partial charge on any atom is -0.472 e. The Bertz CT molecular complexity index is 598. The Hall–Kier alpha value is -2.43. The fourth-order valence-electron chi connectivity index (χ4n) is 1.70. The molecule has 1 aromatic heterocycles. The lowest BCUT2D eigenvalue weighted by atomic mass is 10.1. The predicted octanol–water partition coefficient (Wildman–Crippen LogP) is 3.88. The van der Waals surface area contributed by atoms with Crippen molar-refractivity contribution in [2.75, 3.05) is 11.1 Å². The van der Waals surface area contributed by atoms with E-state index >= 15 is 0 Å². The van der Waals surface area contributed by atoms with E-state index in [4.69, 9.17) is 14.9 Å². The van der Waals surface area contributed by atoms with Gasteiger partial charge in [0.15, 0.2) is 0 Å². The van der Waals surface area contributed by atoms with Crippen molar-refractivity contribution in [1.82, 2.24) is 0 Å². The van der Waals surface area contributed by atoms with E-state index in [0.717, 1.165) is 11.1 Å². The lowest BCUT2D eigenvalue weighted by Gasteiger charge is -2.20. The second kappa shape index (κ2) is 5.28. The first-order valence-corrected chi connectivity index (χ1v) is 6.27. The molecule has 0 aliphatic heterocycles. The minimum absolute atomic E-state index is 0.467. The van der Waals surface area contributed by atoms with E-state index in [1.54, 1.807) is 45.4 Å². The molecule has 20 heavy (non-hydrogen) atoms. The summed E-state index contributed by atoms with van der Waals surface area (Å²) in [5, 5.41) is 2.63. The molecule has 0 spiro atoms. The zero-order valence-corrected chi connectivity index (χ0v) is 11.8. The van der Waals surface area contributed by atoms with Crippen LogP contribution in [0.1, 0.15) is 20.8 Å². The first-order chi connectivity index (χ1) is 9.35. The van der Waals surface area contributed by atoms with Crippen molar-refractivity contribution in [3.8, 4) is 11.1 Å². The highest BCUT2D eigenvalue weighted by Crippen LogP contribution is 2.27. The van der Waals surface area contributed by atoms with Crippen LogP contribution in [0.25, 0.3) is 11.1 Å². The Morgan fingerprint density at radius 2 is 2.00 bits per heavy atom. The van der Waals surface area contributed by atoms with Crippen LogP contribution in [0.5, 0.6) is 0 Å². The molecule has 5 nitrogen and oxygen atoms in total. The third kappa shape index (κ3) is 3.54. The van der Waals surface area contributed by atoms with E-state index in [2.05, 4.69) is 5.32 Å². The zero-order chi connectivity index (χ0) is 14.8. The summed E-state index contributed by atoms with van der Waals surface area (Å²) in [6.45, 7) is 5.41. The van der Waals surface area contributed by atoms with Crippen LogP contribution in [0, 0.1) is 0 Å². The summed E-state index contributed by atoms with van der Waals surface area (Å²) in [7, 11) is 0. The minimum atomic E-state index is -0.546. The van der Waals surface area contributed by atoms with Crippen molar-refractivity contribution in [3.63, 3.8) is 0 Å². The summed E-state index contributed by atoms with van der Waals surface area (Å²) in [5.74, 6) is 0. The van der Waals surface area contributed by atoms with Gasteiger partial charge in [0.2, 0.25) is 0 Å². The Morgan fingerprint density at radius 3 is 2.55 bits per heavy atom. The average molecular weight is 274 g/mol. The number of nitrogens with two attached hydrogens (primary N) is 1. The number of carbonyl (C=O) groups is 1. The molecule has 0 unspecified atom stereocenters. The summed E-state index contributed by atoms with van der Waals surface area (Å²) in [6.07, 6.45) is 2.70. The van der Waals surface area contributed by atoms with Crippen LogP contribution in [0.2, 0.25) is 0 Å². The number of furan rings is 1. The Kier molecular flexibility index (Phi) is 3.70. The highest BCUT2D eigenvalue weighted by molar-refractivity contribution is 5.90. The van der Waals surface area contributed by atoms with Gasteiger partial charge in [-0.05, 0) is 44.5 Å². The Balaban J connectivity index is 2.13. The van der Waals surface area contributed by atoms with Crippen LogP contribution >= 0.6 is 0 Å². The number of rotatable bonds is 2. The molecule has 0 aliphatic carbocycles. The molecule has 0 bridgehead atoms. The molecule has 0 radical (unpaired) electrons. The van der Waals surface area contributed by atoms with Gasteiger partial charge in [-0.1, -0.05) is 6.07 Å². The molecule has 0 saturated heterocycles. The molecule has 1 heterocycles.